The molecule has 0 fully saturated rings. The Morgan fingerprint density at radius 1 is 1.33 bits per heavy atom. The number of rotatable bonds is 2. The molecule has 0 aliphatic carbocycles. The number of aryl methyl sites for hydroxylation is 2. The molecule has 0 aromatic carbocycles. The summed E-state index contributed by atoms with van der Waals surface area (Å²) in [6.45, 7) is 4.04. The van der Waals surface area contributed by atoms with Gasteiger partial charge in [-0.05, 0) is 25.5 Å². The van der Waals surface area contributed by atoms with Gasteiger partial charge in [0.15, 0.2) is 5.82 Å². The van der Waals surface area contributed by atoms with E-state index in [1.54, 1.807) is 0 Å². The zero-order chi connectivity index (χ0) is 10.8. The Hall–Kier alpha value is -1.71. The molecule has 4 heteroatoms. The number of hydrogen-bond acceptors (Lipinski definition) is 3. The zero-order valence-corrected chi connectivity index (χ0v) is 9.23. The Labute approximate surface area is 89.0 Å². The Morgan fingerprint density at radius 2 is 2.13 bits per heavy atom. The van der Waals surface area contributed by atoms with Crippen LogP contribution in [0.25, 0.3) is 11.4 Å². The van der Waals surface area contributed by atoms with Crippen molar-refractivity contribution in [2.75, 3.05) is 0 Å². The molecular weight excluding hydrogens is 188 g/mol. The van der Waals surface area contributed by atoms with E-state index in [2.05, 4.69) is 22.1 Å². The third-order valence-electron chi connectivity index (χ3n) is 2.56. The summed E-state index contributed by atoms with van der Waals surface area (Å²) >= 11 is 0. The summed E-state index contributed by atoms with van der Waals surface area (Å²) in [6.07, 6.45) is 2.72. The summed E-state index contributed by atoms with van der Waals surface area (Å²) in [5.74, 6) is 1.80. The van der Waals surface area contributed by atoms with Crippen LogP contribution in [0.1, 0.15) is 18.4 Å². The minimum absolute atomic E-state index is 0.887. The van der Waals surface area contributed by atoms with Crippen molar-refractivity contribution < 1.29 is 0 Å². The van der Waals surface area contributed by atoms with Gasteiger partial charge in [0, 0.05) is 18.8 Å². The second kappa shape index (κ2) is 3.81. The van der Waals surface area contributed by atoms with Crippen LogP contribution in [-0.2, 0) is 13.5 Å². The van der Waals surface area contributed by atoms with Crippen molar-refractivity contribution in [1.29, 1.82) is 0 Å². The lowest BCUT2D eigenvalue weighted by molar-refractivity contribution is 0.861. The van der Waals surface area contributed by atoms with Crippen LogP contribution in [-0.4, -0.2) is 19.7 Å². The Bertz CT molecular complexity index is 473. The van der Waals surface area contributed by atoms with Gasteiger partial charge in [0.2, 0.25) is 0 Å². The van der Waals surface area contributed by atoms with Crippen LogP contribution in [0.5, 0.6) is 0 Å². The topological polar surface area (TPSA) is 43.6 Å². The molecule has 2 aromatic rings. The molecular formula is C11H14N4. The van der Waals surface area contributed by atoms with Crippen molar-refractivity contribution in [3.63, 3.8) is 0 Å². The van der Waals surface area contributed by atoms with Crippen LogP contribution in [0.15, 0.2) is 18.3 Å². The summed E-state index contributed by atoms with van der Waals surface area (Å²) in [5, 5.41) is 8.22. The maximum atomic E-state index is 4.34. The van der Waals surface area contributed by atoms with Gasteiger partial charge in [0.25, 0.3) is 0 Å². The fraction of sp³-hybridized carbons (Fsp3) is 0.364. The molecule has 0 bridgehead atoms. The molecule has 0 saturated heterocycles. The van der Waals surface area contributed by atoms with Gasteiger partial charge in [-0.25, -0.2) is 0 Å². The van der Waals surface area contributed by atoms with Gasteiger partial charge < -0.3 is 4.57 Å². The SMILES string of the molecule is CCc1ncccc1-c1nnc(C)n1C. The first-order valence-corrected chi connectivity index (χ1v) is 5.04. The van der Waals surface area contributed by atoms with E-state index in [9.17, 15) is 0 Å². The summed E-state index contributed by atoms with van der Waals surface area (Å²) < 4.78 is 1.98. The zero-order valence-electron chi connectivity index (χ0n) is 9.23. The lowest BCUT2D eigenvalue weighted by atomic mass is 10.1. The van der Waals surface area contributed by atoms with E-state index in [0.29, 0.717) is 0 Å². The second-order valence-corrected chi connectivity index (χ2v) is 3.48. The first-order valence-electron chi connectivity index (χ1n) is 5.04. The normalized spacial score (nSPS) is 10.6. The monoisotopic (exact) mass is 202 g/mol. The molecule has 4 nitrogen and oxygen atoms in total. The number of nitrogens with zero attached hydrogens (tertiary/aromatic N) is 4. The van der Waals surface area contributed by atoms with Crippen molar-refractivity contribution in [2.24, 2.45) is 7.05 Å². The van der Waals surface area contributed by atoms with Crippen LogP contribution < -0.4 is 0 Å². The molecule has 2 rings (SSSR count). The molecule has 0 radical (unpaired) electrons. The predicted octanol–water partition coefficient (Wildman–Crippen LogP) is 1.75. The molecule has 0 aliphatic heterocycles. The van der Waals surface area contributed by atoms with Gasteiger partial charge in [-0.1, -0.05) is 6.92 Å². The van der Waals surface area contributed by atoms with E-state index in [-0.39, 0.29) is 0 Å². The number of pyridine rings is 1. The molecule has 0 amide bonds. The van der Waals surface area contributed by atoms with Crippen molar-refractivity contribution in [2.45, 2.75) is 20.3 Å². The van der Waals surface area contributed by atoms with E-state index in [4.69, 9.17) is 0 Å². The van der Waals surface area contributed by atoms with Gasteiger partial charge in [-0.2, -0.15) is 0 Å². The van der Waals surface area contributed by atoms with Crippen LogP contribution in [0.2, 0.25) is 0 Å². The molecule has 0 unspecified atom stereocenters. The molecule has 0 saturated carbocycles. The van der Waals surface area contributed by atoms with E-state index in [1.807, 2.05) is 36.9 Å². The summed E-state index contributed by atoms with van der Waals surface area (Å²) in [4.78, 5) is 4.34. The molecule has 0 atom stereocenters. The fourth-order valence-corrected chi connectivity index (χ4v) is 1.57. The summed E-state index contributed by atoms with van der Waals surface area (Å²) in [6, 6.07) is 3.97. The second-order valence-electron chi connectivity index (χ2n) is 3.48. The number of aromatic nitrogens is 4. The van der Waals surface area contributed by atoms with Gasteiger partial charge in [-0.3, -0.25) is 4.98 Å². The maximum absolute atomic E-state index is 4.34. The van der Waals surface area contributed by atoms with E-state index in [0.717, 1.165) is 29.3 Å². The first kappa shape index (κ1) is 9.83. The molecule has 2 heterocycles. The van der Waals surface area contributed by atoms with Crippen molar-refractivity contribution in [3.05, 3.63) is 29.8 Å². The molecule has 0 N–H and O–H groups in total. The van der Waals surface area contributed by atoms with Crippen LogP contribution in [0.4, 0.5) is 0 Å². The lowest BCUT2D eigenvalue weighted by Crippen LogP contribution is -1.99. The lowest BCUT2D eigenvalue weighted by Gasteiger charge is -2.05. The van der Waals surface area contributed by atoms with Gasteiger partial charge in [0.05, 0.1) is 5.69 Å². The molecule has 0 spiro atoms. The van der Waals surface area contributed by atoms with Crippen molar-refractivity contribution in [1.82, 2.24) is 19.7 Å². The molecule has 78 valence electrons. The first-order chi connectivity index (χ1) is 7.24. The minimum Gasteiger partial charge on any atom is -0.314 e. The van der Waals surface area contributed by atoms with Gasteiger partial charge in [0.1, 0.15) is 5.82 Å². The third kappa shape index (κ3) is 1.63. The average Bonchev–Trinajstić information content (AvgIpc) is 2.60. The standard InChI is InChI=1S/C11H14N4/c1-4-10-9(6-5-7-12-10)11-14-13-8(2)15(11)3/h5-7H,4H2,1-3H3. The maximum Gasteiger partial charge on any atom is 0.165 e. The van der Waals surface area contributed by atoms with Crippen LogP contribution >= 0.6 is 0 Å². The highest BCUT2D eigenvalue weighted by Gasteiger charge is 2.11. The largest absolute Gasteiger partial charge is 0.314 e. The predicted molar refractivity (Wildman–Crippen MR) is 58.3 cm³/mol. The smallest absolute Gasteiger partial charge is 0.165 e. The van der Waals surface area contributed by atoms with Gasteiger partial charge in [-0.15, -0.1) is 10.2 Å². The Balaban J connectivity index is 2.58. The van der Waals surface area contributed by atoms with E-state index < -0.39 is 0 Å². The third-order valence-corrected chi connectivity index (χ3v) is 2.56. The highest BCUT2D eigenvalue weighted by atomic mass is 15.3. The van der Waals surface area contributed by atoms with Crippen LogP contribution in [0, 0.1) is 6.92 Å². The minimum atomic E-state index is 0.887. The Morgan fingerprint density at radius 3 is 2.73 bits per heavy atom. The molecule has 0 aliphatic rings. The fourth-order valence-electron chi connectivity index (χ4n) is 1.57. The van der Waals surface area contributed by atoms with Crippen molar-refractivity contribution in [3.8, 4) is 11.4 Å². The average molecular weight is 202 g/mol. The highest BCUT2D eigenvalue weighted by molar-refractivity contribution is 5.58. The Kier molecular flexibility index (Phi) is 2.49. The molecule has 2 aromatic heterocycles. The van der Waals surface area contributed by atoms with Gasteiger partial charge >= 0.3 is 0 Å². The molecule has 15 heavy (non-hydrogen) atoms. The van der Waals surface area contributed by atoms with E-state index >= 15 is 0 Å². The van der Waals surface area contributed by atoms with Crippen LogP contribution in [0.3, 0.4) is 0 Å². The quantitative estimate of drug-likeness (QED) is 0.745. The van der Waals surface area contributed by atoms with Crippen molar-refractivity contribution >= 4 is 0 Å². The number of hydrogen-bond donors (Lipinski definition) is 0. The summed E-state index contributed by atoms with van der Waals surface area (Å²) in [7, 11) is 1.97. The van der Waals surface area contributed by atoms with E-state index in [1.165, 1.54) is 0 Å². The highest BCUT2D eigenvalue weighted by Crippen LogP contribution is 2.20. The summed E-state index contributed by atoms with van der Waals surface area (Å²) in [5.41, 5.74) is 2.14.